The zero-order valence-corrected chi connectivity index (χ0v) is 19.9. The van der Waals surface area contributed by atoms with Gasteiger partial charge in [0.1, 0.15) is 0 Å². The maximum atomic E-state index is 6.62. The van der Waals surface area contributed by atoms with Crippen LogP contribution in [0.5, 0.6) is 0 Å². The summed E-state index contributed by atoms with van der Waals surface area (Å²) in [5.41, 5.74) is 9.01. The second kappa shape index (κ2) is 10.3. The molecule has 0 amide bonds. The number of ether oxygens (including phenoxy) is 1. The minimum Gasteiger partial charge on any atom is -0.376 e. The van der Waals surface area contributed by atoms with E-state index in [1.165, 1.54) is 16.3 Å². The smallest absolute Gasteiger partial charge is 0.191 e. The molecule has 1 aromatic heterocycles. The summed E-state index contributed by atoms with van der Waals surface area (Å²) in [6.07, 6.45) is 3.01. The highest BCUT2D eigenvalue weighted by atomic mass is 35.5. The van der Waals surface area contributed by atoms with Gasteiger partial charge in [-0.2, -0.15) is 0 Å². The first-order valence-electron chi connectivity index (χ1n) is 11.3. The predicted octanol–water partition coefficient (Wildman–Crippen LogP) is 5.80. The zero-order chi connectivity index (χ0) is 22.6. The molecule has 170 valence electrons. The van der Waals surface area contributed by atoms with Crippen molar-refractivity contribution in [1.29, 1.82) is 0 Å². The van der Waals surface area contributed by atoms with Crippen LogP contribution >= 0.6 is 23.4 Å². The summed E-state index contributed by atoms with van der Waals surface area (Å²) in [7, 11) is 0. The van der Waals surface area contributed by atoms with Gasteiger partial charge < -0.3 is 15.0 Å². The van der Waals surface area contributed by atoms with Crippen molar-refractivity contribution in [2.75, 3.05) is 6.61 Å². The van der Waals surface area contributed by atoms with Crippen LogP contribution in [0.2, 0.25) is 5.02 Å². The molecule has 5 rings (SSSR count). The second-order valence-electron chi connectivity index (χ2n) is 8.49. The Kier molecular flexibility index (Phi) is 6.97. The third-order valence-corrected chi connectivity index (χ3v) is 7.33. The molecule has 3 aromatic carbocycles. The van der Waals surface area contributed by atoms with E-state index in [0.717, 1.165) is 53.3 Å². The van der Waals surface area contributed by atoms with Crippen molar-refractivity contribution in [1.82, 2.24) is 14.8 Å². The quantitative estimate of drug-likeness (QED) is 0.324. The third kappa shape index (κ3) is 5.41. The van der Waals surface area contributed by atoms with Gasteiger partial charge in [-0.25, -0.2) is 0 Å². The monoisotopic (exact) mass is 478 g/mol. The van der Waals surface area contributed by atoms with Crippen LogP contribution in [0, 0.1) is 0 Å². The van der Waals surface area contributed by atoms with Gasteiger partial charge in [0.05, 0.1) is 18.7 Å². The lowest BCUT2D eigenvalue weighted by molar-refractivity contribution is 0.0938. The first kappa shape index (κ1) is 22.4. The number of nitrogens with zero attached hydrogens (tertiary/aromatic N) is 3. The van der Waals surface area contributed by atoms with E-state index in [9.17, 15) is 0 Å². The molecular formula is C26H27ClN4OS. The number of thioether (sulfide) groups is 1. The van der Waals surface area contributed by atoms with Gasteiger partial charge in [0.15, 0.2) is 11.0 Å². The van der Waals surface area contributed by atoms with Gasteiger partial charge in [0.2, 0.25) is 0 Å². The fourth-order valence-electron chi connectivity index (χ4n) is 4.29. The van der Waals surface area contributed by atoms with Gasteiger partial charge >= 0.3 is 0 Å². The average Bonchev–Trinajstić information content (AvgIpc) is 3.49. The van der Waals surface area contributed by atoms with Crippen molar-refractivity contribution in [3.8, 4) is 0 Å². The van der Waals surface area contributed by atoms with Crippen LogP contribution < -0.4 is 5.73 Å². The number of nitrogens with two attached hydrogens (primary N) is 1. The molecule has 2 heterocycles. The summed E-state index contributed by atoms with van der Waals surface area (Å²) in [5.74, 6) is 1.63. The molecule has 1 saturated heterocycles. The molecule has 0 radical (unpaired) electrons. The van der Waals surface area contributed by atoms with Gasteiger partial charge in [-0.05, 0) is 53.3 Å². The zero-order valence-electron chi connectivity index (χ0n) is 18.4. The van der Waals surface area contributed by atoms with Crippen LogP contribution in [0.15, 0.2) is 71.9 Å². The van der Waals surface area contributed by atoms with E-state index in [2.05, 4.69) is 57.2 Å². The van der Waals surface area contributed by atoms with Crippen molar-refractivity contribution < 1.29 is 4.74 Å². The highest BCUT2D eigenvalue weighted by molar-refractivity contribution is 7.98. The normalized spacial score (nSPS) is 17.0. The van der Waals surface area contributed by atoms with Gasteiger partial charge in [0.25, 0.3) is 0 Å². The number of aromatic nitrogens is 3. The molecular weight excluding hydrogens is 452 g/mol. The van der Waals surface area contributed by atoms with Crippen LogP contribution in [0.4, 0.5) is 0 Å². The molecule has 7 heteroatoms. The molecule has 1 fully saturated rings. The lowest BCUT2D eigenvalue weighted by atomic mass is 10.1. The van der Waals surface area contributed by atoms with E-state index in [0.29, 0.717) is 6.42 Å². The van der Waals surface area contributed by atoms with Gasteiger partial charge in [-0.3, -0.25) is 0 Å². The predicted molar refractivity (Wildman–Crippen MR) is 135 cm³/mol. The lowest BCUT2D eigenvalue weighted by Crippen LogP contribution is -2.23. The highest BCUT2D eigenvalue weighted by Crippen LogP contribution is 2.28. The van der Waals surface area contributed by atoms with Crippen LogP contribution in [-0.2, 0) is 23.5 Å². The molecule has 0 aliphatic carbocycles. The lowest BCUT2D eigenvalue weighted by Gasteiger charge is -2.18. The van der Waals surface area contributed by atoms with Gasteiger partial charge in [0, 0.05) is 17.4 Å². The van der Waals surface area contributed by atoms with Crippen molar-refractivity contribution in [2.24, 2.45) is 5.73 Å². The number of hydrogen-bond acceptors (Lipinski definition) is 5. The van der Waals surface area contributed by atoms with E-state index in [1.54, 1.807) is 11.8 Å². The average molecular weight is 479 g/mol. The van der Waals surface area contributed by atoms with E-state index in [4.69, 9.17) is 22.1 Å². The molecule has 33 heavy (non-hydrogen) atoms. The van der Waals surface area contributed by atoms with Crippen molar-refractivity contribution in [3.63, 3.8) is 0 Å². The van der Waals surface area contributed by atoms with E-state index in [-0.39, 0.29) is 12.1 Å². The van der Waals surface area contributed by atoms with E-state index in [1.807, 2.05) is 24.3 Å². The summed E-state index contributed by atoms with van der Waals surface area (Å²) in [5, 5.41) is 13.2. The molecule has 0 bridgehead atoms. The topological polar surface area (TPSA) is 66.0 Å². The fraction of sp³-hybridized carbons (Fsp3) is 0.308. The summed E-state index contributed by atoms with van der Waals surface area (Å²) < 4.78 is 8.09. The molecule has 2 atom stereocenters. The number of rotatable bonds is 8. The van der Waals surface area contributed by atoms with E-state index >= 15 is 0 Å². The van der Waals surface area contributed by atoms with E-state index < -0.39 is 0 Å². The van der Waals surface area contributed by atoms with Crippen molar-refractivity contribution in [2.45, 2.75) is 48.9 Å². The molecule has 0 saturated carbocycles. The minimum atomic E-state index is -0.255. The molecule has 1 aliphatic heterocycles. The summed E-state index contributed by atoms with van der Waals surface area (Å²) in [6, 6.07) is 22.6. The Balaban J connectivity index is 1.36. The summed E-state index contributed by atoms with van der Waals surface area (Å²) >= 11 is 7.73. The Labute approximate surface area is 203 Å². The standard InChI is InChI=1S/C26H27ClN4OS/c27-22-11-8-18(9-12-22)15-24(28)25-29-30-26(31(25)16-23-6-3-13-32-23)33-17-19-7-10-20-4-1-2-5-21(20)14-19/h1-2,4-5,7-12,14,23-24H,3,6,13,15-17,28H2. The Bertz CT molecular complexity index is 1220. The fourth-order valence-corrected chi connectivity index (χ4v) is 5.31. The Hall–Kier alpha value is -2.38. The second-order valence-corrected chi connectivity index (χ2v) is 9.87. The first-order chi connectivity index (χ1) is 16.2. The largest absolute Gasteiger partial charge is 0.376 e. The first-order valence-corrected chi connectivity index (χ1v) is 12.7. The molecule has 1 aliphatic rings. The maximum absolute atomic E-state index is 6.62. The van der Waals surface area contributed by atoms with Crippen molar-refractivity contribution >= 4 is 34.1 Å². The third-order valence-electron chi connectivity index (χ3n) is 6.04. The van der Waals surface area contributed by atoms with Crippen LogP contribution in [0.1, 0.15) is 35.8 Å². The van der Waals surface area contributed by atoms with Crippen LogP contribution in [-0.4, -0.2) is 27.5 Å². The number of halogens is 1. The van der Waals surface area contributed by atoms with Crippen molar-refractivity contribution in [3.05, 3.63) is 88.7 Å². The Morgan fingerprint density at radius 3 is 2.61 bits per heavy atom. The molecule has 2 unspecified atom stereocenters. The van der Waals surface area contributed by atoms with Crippen LogP contribution in [0.3, 0.4) is 0 Å². The van der Waals surface area contributed by atoms with Crippen LogP contribution in [0.25, 0.3) is 10.8 Å². The molecule has 4 aromatic rings. The summed E-state index contributed by atoms with van der Waals surface area (Å²) in [6.45, 7) is 1.55. The summed E-state index contributed by atoms with van der Waals surface area (Å²) in [4.78, 5) is 0. The molecule has 2 N–H and O–H groups in total. The minimum absolute atomic E-state index is 0.183. The molecule has 0 spiro atoms. The van der Waals surface area contributed by atoms with Gasteiger partial charge in [-0.1, -0.05) is 78.0 Å². The Morgan fingerprint density at radius 2 is 1.82 bits per heavy atom. The Morgan fingerprint density at radius 1 is 1.03 bits per heavy atom. The molecule has 5 nitrogen and oxygen atoms in total. The SMILES string of the molecule is NC(Cc1ccc(Cl)cc1)c1nnc(SCc2ccc3ccccc3c2)n1CC1CCCO1. The number of hydrogen-bond donors (Lipinski definition) is 1. The maximum Gasteiger partial charge on any atom is 0.191 e. The number of benzene rings is 3. The highest BCUT2D eigenvalue weighted by Gasteiger charge is 2.24. The van der Waals surface area contributed by atoms with Gasteiger partial charge in [-0.15, -0.1) is 10.2 Å². The number of fused-ring (bicyclic) bond motifs is 1.